The summed E-state index contributed by atoms with van der Waals surface area (Å²) in [6, 6.07) is 0. The van der Waals surface area contributed by atoms with Gasteiger partial charge in [-0.2, -0.15) is 0 Å². The van der Waals surface area contributed by atoms with Crippen molar-refractivity contribution in [2.24, 2.45) is 10.8 Å². The summed E-state index contributed by atoms with van der Waals surface area (Å²) in [5, 5.41) is 0. The van der Waals surface area contributed by atoms with Crippen molar-refractivity contribution in [3.63, 3.8) is 0 Å². The van der Waals surface area contributed by atoms with Crippen molar-refractivity contribution < 1.29 is 8.85 Å². The van der Waals surface area contributed by atoms with Gasteiger partial charge in [0, 0.05) is 86.4 Å². The van der Waals surface area contributed by atoms with Crippen molar-refractivity contribution in [3.05, 3.63) is 0 Å². The molecule has 14 heteroatoms. The zero-order valence-corrected chi connectivity index (χ0v) is 57.3. The van der Waals surface area contributed by atoms with E-state index in [0.29, 0.717) is 11.1 Å². The van der Waals surface area contributed by atoms with E-state index in [4.69, 9.17) is 8.85 Å². The van der Waals surface area contributed by atoms with Crippen LogP contribution in [0, 0.1) is 10.8 Å². The zero-order chi connectivity index (χ0) is 46.1. The van der Waals surface area contributed by atoms with E-state index in [2.05, 4.69) is 227 Å². The van der Waals surface area contributed by atoms with Gasteiger partial charge in [0.1, 0.15) is 7.59 Å². The lowest BCUT2D eigenvalue weighted by Crippen LogP contribution is -2.89. The van der Waals surface area contributed by atoms with Gasteiger partial charge in [-0.1, -0.05) is 232 Å². The second kappa shape index (κ2) is 17.8. The van der Waals surface area contributed by atoms with Gasteiger partial charge in [-0.05, 0) is 21.9 Å². The number of rotatable bonds is 19. The van der Waals surface area contributed by atoms with Gasteiger partial charge in [0.2, 0.25) is 0 Å². The summed E-state index contributed by atoms with van der Waals surface area (Å²) in [4.78, 5) is 3.46. The predicted octanol–water partition coefficient (Wildman–Crippen LogP) is 15.8. The third-order valence-electron chi connectivity index (χ3n) is 13.5. The lowest BCUT2D eigenvalue weighted by atomic mass is 9.77. The normalized spacial score (nSPS) is 16.5. The van der Waals surface area contributed by atoms with Crippen molar-refractivity contribution >= 4 is 95.9 Å². The van der Waals surface area contributed by atoms with Gasteiger partial charge in [-0.15, -0.1) is 0 Å². The average molecular weight is 982 g/mol. The Hall–Kier alpha value is 2.52. The van der Waals surface area contributed by atoms with Gasteiger partial charge in [0.25, 0.3) is 7.60 Å². The van der Waals surface area contributed by atoms with Gasteiger partial charge in [0.15, 0.2) is 0 Å². The van der Waals surface area contributed by atoms with Crippen LogP contribution >= 0.6 is 0 Å². The third kappa shape index (κ3) is 12.2. The molecule has 0 bridgehead atoms. The minimum absolute atomic E-state index is 0.185. The van der Waals surface area contributed by atoms with E-state index in [1.54, 1.807) is 0 Å². The van der Waals surface area contributed by atoms with Gasteiger partial charge in [-0.3, -0.25) is 0 Å². The molecule has 0 atom stereocenters. The molecule has 0 heterocycles. The summed E-state index contributed by atoms with van der Waals surface area (Å²) in [7, 11) is -16.7. The van der Waals surface area contributed by atoms with E-state index in [9.17, 15) is 0 Å². The lowest BCUT2D eigenvalue weighted by molar-refractivity contribution is 0.225. The van der Waals surface area contributed by atoms with Crippen LogP contribution in [0.2, 0.25) is 187 Å². The molecule has 0 rings (SSSR count). The molecule has 0 unspecified atom stereocenters. The molecule has 2 nitrogen and oxygen atoms in total. The molecule has 0 aliphatic heterocycles. The average Bonchev–Trinajstić information content (AvgIpc) is 2.77. The Labute approximate surface area is 369 Å². The molecule has 0 spiro atoms. The van der Waals surface area contributed by atoms with Crippen molar-refractivity contribution in [1.82, 2.24) is 0 Å². The highest BCUT2D eigenvalue weighted by Crippen LogP contribution is 2.67. The Kier molecular flexibility index (Phi) is 18.6. The fraction of sp³-hybridized carbons (Fsp3) is 1.00. The Morgan fingerprint density at radius 1 is 0.357 bits per heavy atom. The highest BCUT2D eigenvalue weighted by atomic mass is 29.8. The standard InChI is InChI=1S/C42H108O2Si12/c1-35(2)55(39(50(23,24)25)51(26,27)28,40(52(29,30)31)53(32,33)34)56(43-9,44-10)45-54(36(41(3,4)5)42(6,7)8,37(46(11,12)13)47(14,15)16)38(48(17,18)19)49(20,21)22/h35-40H,1-34H3. The first-order chi connectivity index (χ1) is 23.9. The second-order valence-electron chi connectivity index (χ2n) is 30.0. The quantitative estimate of drug-likeness (QED) is 0.120. The van der Waals surface area contributed by atoms with Crippen molar-refractivity contribution in [2.45, 2.75) is 243 Å². The Bertz CT molecular complexity index is 1080. The maximum Gasteiger partial charge on any atom is 0.287 e. The fourth-order valence-corrected chi connectivity index (χ4v) is 222. The molecule has 0 saturated carbocycles. The topological polar surface area (TPSA) is 18.5 Å². The smallest absolute Gasteiger partial charge is 0.287 e. The summed E-state index contributed by atoms with van der Waals surface area (Å²) in [6.45, 7) is 89.8. The minimum atomic E-state index is -2.99. The van der Waals surface area contributed by atoms with Crippen LogP contribution in [0.15, 0.2) is 0 Å². The molecule has 0 saturated heterocycles. The van der Waals surface area contributed by atoms with Crippen LogP contribution in [0.4, 0.5) is 0 Å². The van der Waals surface area contributed by atoms with Crippen LogP contribution in [-0.4, -0.2) is 110 Å². The fourth-order valence-electron chi connectivity index (χ4n) is 16.9. The maximum absolute atomic E-state index is 8.11. The molecule has 336 valence electrons. The monoisotopic (exact) mass is 981 g/mol. The van der Waals surface area contributed by atoms with E-state index in [0.717, 1.165) is 27.7 Å². The molecule has 0 aromatic rings. The first kappa shape index (κ1) is 58.5. The Morgan fingerprint density at radius 2 is 0.554 bits per heavy atom. The highest BCUT2D eigenvalue weighted by Gasteiger charge is 2.79. The summed E-state index contributed by atoms with van der Waals surface area (Å²) in [5.74, 6) is 0. The van der Waals surface area contributed by atoms with E-state index < -0.39 is 87.4 Å². The van der Waals surface area contributed by atoms with Crippen LogP contribution in [-0.2, 0) is 8.85 Å². The van der Waals surface area contributed by atoms with Gasteiger partial charge in [-0.25, -0.2) is 0 Å². The van der Waals surface area contributed by atoms with Crippen molar-refractivity contribution in [1.29, 1.82) is 0 Å². The van der Waals surface area contributed by atoms with E-state index in [-0.39, 0.29) is 10.8 Å². The van der Waals surface area contributed by atoms with E-state index in [1.807, 2.05) is 0 Å². The van der Waals surface area contributed by atoms with Crippen molar-refractivity contribution in [2.75, 3.05) is 14.2 Å². The molecule has 2 radical (unpaired) electrons. The highest BCUT2D eigenvalue weighted by molar-refractivity contribution is 7.75. The Balaban J connectivity index is 10.7. The van der Waals surface area contributed by atoms with Crippen LogP contribution < -0.4 is 0 Å². The predicted molar refractivity (Wildman–Crippen MR) is 297 cm³/mol. The second-order valence-corrected chi connectivity index (χ2v) is 103. The first-order valence-electron chi connectivity index (χ1n) is 22.7. The van der Waals surface area contributed by atoms with E-state index >= 15 is 0 Å². The van der Waals surface area contributed by atoms with Gasteiger partial charge < -0.3 is 8.85 Å². The van der Waals surface area contributed by atoms with Crippen LogP contribution in [0.1, 0.15) is 55.4 Å². The maximum atomic E-state index is 8.11. The molecule has 0 aromatic heterocycles. The largest absolute Gasteiger partial charge is 0.403 e. The number of hydrogen-bond donors (Lipinski definition) is 0. The molecule has 0 aliphatic carbocycles. The molecular weight excluding hydrogens is 873 g/mol. The first-order valence-corrected chi connectivity index (χ1v) is 61.6. The van der Waals surface area contributed by atoms with Crippen LogP contribution in [0.25, 0.3) is 0 Å². The summed E-state index contributed by atoms with van der Waals surface area (Å²) in [6.07, 6.45) is 0. The van der Waals surface area contributed by atoms with E-state index in [1.165, 1.54) is 0 Å². The van der Waals surface area contributed by atoms with Crippen molar-refractivity contribution in [3.8, 4) is 0 Å². The third-order valence-corrected chi connectivity index (χ3v) is 127. The molecule has 0 amide bonds. The molecule has 0 N–H and O–H groups in total. The summed E-state index contributed by atoms with van der Waals surface area (Å²) >= 11 is 0. The zero-order valence-electron chi connectivity index (χ0n) is 45.3. The molecule has 56 heavy (non-hydrogen) atoms. The molecule has 0 fully saturated rings. The van der Waals surface area contributed by atoms with Crippen LogP contribution in [0.3, 0.4) is 0 Å². The summed E-state index contributed by atoms with van der Waals surface area (Å²) < 4.78 is 16.2. The summed E-state index contributed by atoms with van der Waals surface area (Å²) in [5.41, 5.74) is 1.68. The van der Waals surface area contributed by atoms with Gasteiger partial charge in [0.05, 0.1) is 8.55 Å². The SMILES string of the molecule is CO[Si](OC)([Si][Si](C(C(C)(C)C)C(C)(C)C)(C([Si](C)(C)C)[Si](C)(C)C)C([Si](C)(C)C)[Si](C)(C)C)[Si](C(C)C)(C([Si](C)(C)C)[Si](C)(C)C)C([Si](C)(C)C)[Si](C)(C)C. The van der Waals surface area contributed by atoms with Crippen LogP contribution in [0.5, 0.6) is 0 Å². The lowest BCUT2D eigenvalue weighted by Gasteiger charge is -2.71. The molecular formula is C42H108O2Si12. The minimum Gasteiger partial charge on any atom is -0.403 e. The molecule has 0 aromatic carbocycles. The van der Waals surface area contributed by atoms with Gasteiger partial charge >= 0.3 is 0 Å². The molecule has 0 aliphatic rings. The Morgan fingerprint density at radius 3 is 0.679 bits per heavy atom. The number of hydrogen-bond acceptors (Lipinski definition) is 2.